The van der Waals surface area contributed by atoms with E-state index < -0.39 is 0 Å². The van der Waals surface area contributed by atoms with Gasteiger partial charge in [0.2, 0.25) is 11.8 Å². The third-order valence-electron chi connectivity index (χ3n) is 4.38. The molecule has 2 fully saturated rings. The Hall–Kier alpha value is -1.71. The van der Waals surface area contributed by atoms with E-state index in [0.29, 0.717) is 19.4 Å². The van der Waals surface area contributed by atoms with Crippen LogP contribution in [0.2, 0.25) is 0 Å². The van der Waals surface area contributed by atoms with Crippen molar-refractivity contribution in [2.45, 2.75) is 45.1 Å². The Bertz CT molecular complexity index is 472. The topological polar surface area (TPSA) is 50.3 Å². The number of imide groups is 1. The van der Waals surface area contributed by atoms with Crippen LogP contribution in [-0.4, -0.2) is 21.7 Å². The van der Waals surface area contributed by atoms with Gasteiger partial charge in [0.05, 0.1) is 6.54 Å². The van der Waals surface area contributed by atoms with E-state index in [1.165, 1.54) is 4.90 Å². The van der Waals surface area contributed by atoms with Gasteiger partial charge in [0.25, 0.3) is 0 Å². The Balaban J connectivity index is 1.74. The molecule has 1 spiro atoms. The minimum Gasteiger partial charge on any atom is -0.278 e. The molecule has 1 aromatic heterocycles. The Morgan fingerprint density at radius 1 is 1.16 bits per heavy atom. The number of carbonyl (C=O) groups is 2. The molecule has 0 N–H and O–H groups in total. The van der Waals surface area contributed by atoms with E-state index in [2.05, 4.69) is 4.98 Å². The molecular weight excluding hydrogens is 240 g/mol. The van der Waals surface area contributed by atoms with Crippen LogP contribution in [0.3, 0.4) is 0 Å². The summed E-state index contributed by atoms with van der Waals surface area (Å²) in [5.74, 6) is -0.0241. The zero-order valence-corrected chi connectivity index (χ0v) is 11.0. The molecule has 0 atom stereocenters. The van der Waals surface area contributed by atoms with Crippen LogP contribution >= 0.6 is 0 Å². The lowest BCUT2D eigenvalue weighted by atomic mass is 9.76. The molecule has 2 amide bonds. The first kappa shape index (κ1) is 12.3. The molecule has 0 bridgehead atoms. The summed E-state index contributed by atoms with van der Waals surface area (Å²) in [5.41, 5.74) is 0.895. The predicted molar refractivity (Wildman–Crippen MR) is 69.9 cm³/mol. The molecule has 0 radical (unpaired) electrons. The van der Waals surface area contributed by atoms with E-state index >= 15 is 0 Å². The van der Waals surface area contributed by atoms with Gasteiger partial charge in [-0.05, 0) is 29.9 Å². The molecule has 1 saturated carbocycles. The molecule has 4 nitrogen and oxygen atoms in total. The van der Waals surface area contributed by atoms with Crippen LogP contribution in [0, 0.1) is 5.41 Å². The SMILES string of the molecule is O=C1CC2(CCCC2)CC(=O)N1Cc1cccnc1. The molecule has 100 valence electrons. The van der Waals surface area contributed by atoms with Gasteiger partial charge in [-0.3, -0.25) is 19.5 Å². The highest BCUT2D eigenvalue weighted by Gasteiger charge is 2.44. The maximum Gasteiger partial charge on any atom is 0.230 e. The summed E-state index contributed by atoms with van der Waals surface area (Å²) in [6.07, 6.45) is 8.86. The van der Waals surface area contributed by atoms with Gasteiger partial charge in [-0.15, -0.1) is 0 Å². The van der Waals surface area contributed by atoms with Gasteiger partial charge >= 0.3 is 0 Å². The molecule has 1 aliphatic carbocycles. The van der Waals surface area contributed by atoms with Crippen molar-refractivity contribution in [2.75, 3.05) is 0 Å². The van der Waals surface area contributed by atoms with Crippen molar-refractivity contribution in [2.24, 2.45) is 5.41 Å². The zero-order chi connectivity index (χ0) is 13.3. The molecule has 19 heavy (non-hydrogen) atoms. The Labute approximate surface area is 112 Å². The number of carbonyl (C=O) groups excluding carboxylic acids is 2. The molecule has 2 aliphatic rings. The highest BCUT2D eigenvalue weighted by Crippen LogP contribution is 2.47. The molecule has 1 aromatic rings. The van der Waals surface area contributed by atoms with Crippen molar-refractivity contribution < 1.29 is 9.59 Å². The van der Waals surface area contributed by atoms with Gasteiger partial charge in [-0.25, -0.2) is 0 Å². The first-order chi connectivity index (χ1) is 9.19. The third kappa shape index (κ3) is 2.39. The van der Waals surface area contributed by atoms with E-state index in [1.54, 1.807) is 12.4 Å². The number of amides is 2. The summed E-state index contributed by atoms with van der Waals surface area (Å²) in [6.45, 7) is 0.363. The van der Waals surface area contributed by atoms with Gasteiger partial charge in [0.1, 0.15) is 0 Å². The highest BCUT2D eigenvalue weighted by molar-refractivity contribution is 5.98. The number of rotatable bonds is 2. The normalized spacial score (nSPS) is 22.2. The quantitative estimate of drug-likeness (QED) is 0.765. The molecule has 0 unspecified atom stereocenters. The second kappa shape index (κ2) is 4.76. The highest BCUT2D eigenvalue weighted by atomic mass is 16.2. The fourth-order valence-corrected chi connectivity index (χ4v) is 3.36. The van der Waals surface area contributed by atoms with Crippen LogP contribution in [-0.2, 0) is 16.1 Å². The average molecular weight is 258 g/mol. The number of piperidine rings is 1. The summed E-state index contributed by atoms with van der Waals surface area (Å²) in [7, 11) is 0. The van der Waals surface area contributed by atoms with Crippen molar-refractivity contribution in [3.05, 3.63) is 30.1 Å². The van der Waals surface area contributed by atoms with Crippen LogP contribution in [0.5, 0.6) is 0 Å². The summed E-state index contributed by atoms with van der Waals surface area (Å²) in [5, 5.41) is 0. The monoisotopic (exact) mass is 258 g/mol. The number of likely N-dealkylation sites (tertiary alicyclic amines) is 1. The Morgan fingerprint density at radius 3 is 2.42 bits per heavy atom. The number of pyridine rings is 1. The van der Waals surface area contributed by atoms with Gasteiger partial charge < -0.3 is 0 Å². The maximum absolute atomic E-state index is 12.3. The first-order valence-electron chi connectivity index (χ1n) is 6.91. The molecular formula is C15H18N2O2. The molecule has 4 heteroatoms. The van der Waals surface area contributed by atoms with E-state index in [1.807, 2.05) is 12.1 Å². The fourth-order valence-electron chi connectivity index (χ4n) is 3.36. The van der Waals surface area contributed by atoms with E-state index in [9.17, 15) is 9.59 Å². The Morgan fingerprint density at radius 2 is 1.84 bits per heavy atom. The van der Waals surface area contributed by atoms with Crippen LogP contribution in [0.25, 0.3) is 0 Å². The van der Waals surface area contributed by atoms with E-state index in [0.717, 1.165) is 31.2 Å². The number of hydrogen-bond acceptors (Lipinski definition) is 3. The van der Waals surface area contributed by atoms with Gasteiger partial charge in [-0.1, -0.05) is 18.9 Å². The molecule has 0 aromatic carbocycles. The second-order valence-corrected chi connectivity index (χ2v) is 5.80. The minimum atomic E-state index is -0.0143. The van der Waals surface area contributed by atoms with Gasteiger partial charge in [0, 0.05) is 25.2 Å². The Kier molecular flexibility index (Phi) is 3.09. The van der Waals surface area contributed by atoms with Gasteiger partial charge in [0.15, 0.2) is 0 Å². The molecule has 1 saturated heterocycles. The number of nitrogens with zero attached hydrogens (tertiary/aromatic N) is 2. The molecule has 2 heterocycles. The summed E-state index contributed by atoms with van der Waals surface area (Å²) in [6, 6.07) is 3.72. The number of aromatic nitrogens is 1. The smallest absolute Gasteiger partial charge is 0.230 e. The van der Waals surface area contributed by atoms with E-state index in [-0.39, 0.29) is 17.2 Å². The van der Waals surface area contributed by atoms with Crippen LogP contribution in [0.15, 0.2) is 24.5 Å². The standard InChI is InChI=1S/C15H18N2O2/c18-13-8-15(5-1-2-6-15)9-14(19)17(13)11-12-4-3-7-16-10-12/h3-4,7,10H,1-2,5-6,8-9,11H2. The molecule has 3 rings (SSSR count). The van der Waals surface area contributed by atoms with Crippen LogP contribution in [0.4, 0.5) is 0 Å². The van der Waals surface area contributed by atoms with Crippen molar-refractivity contribution in [1.82, 2.24) is 9.88 Å². The van der Waals surface area contributed by atoms with Gasteiger partial charge in [-0.2, -0.15) is 0 Å². The fraction of sp³-hybridized carbons (Fsp3) is 0.533. The van der Waals surface area contributed by atoms with Crippen molar-refractivity contribution in [1.29, 1.82) is 0 Å². The van der Waals surface area contributed by atoms with Crippen molar-refractivity contribution in [3.63, 3.8) is 0 Å². The predicted octanol–water partition coefficient (Wildman–Crippen LogP) is 2.29. The lowest BCUT2D eigenvalue weighted by molar-refractivity contribution is -0.154. The first-order valence-corrected chi connectivity index (χ1v) is 6.91. The van der Waals surface area contributed by atoms with Crippen LogP contribution < -0.4 is 0 Å². The minimum absolute atomic E-state index is 0.0120. The average Bonchev–Trinajstić information content (AvgIpc) is 2.83. The van der Waals surface area contributed by atoms with Crippen molar-refractivity contribution >= 4 is 11.8 Å². The number of hydrogen-bond donors (Lipinski definition) is 0. The van der Waals surface area contributed by atoms with Crippen LogP contribution in [0.1, 0.15) is 44.1 Å². The molecule has 1 aliphatic heterocycles. The summed E-state index contributed by atoms with van der Waals surface area (Å²) in [4.78, 5) is 29.9. The third-order valence-corrected chi connectivity index (χ3v) is 4.38. The second-order valence-electron chi connectivity index (χ2n) is 5.80. The largest absolute Gasteiger partial charge is 0.278 e. The summed E-state index contributed by atoms with van der Waals surface area (Å²) >= 11 is 0. The van der Waals surface area contributed by atoms with Crippen molar-refractivity contribution in [3.8, 4) is 0 Å². The maximum atomic E-state index is 12.3. The zero-order valence-electron chi connectivity index (χ0n) is 11.0. The lowest BCUT2D eigenvalue weighted by Crippen LogP contribution is -2.46. The summed E-state index contributed by atoms with van der Waals surface area (Å²) < 4.78 is 0. The lowest BCUT2D eigenvalue weighted by Gasteiger charge is -2.37. The van der Waals surface area contributed by atoms with E-state index in [4.69, 9.17) is 0 Å².